The van der Waals surface area contributed by atoms with Gasteiger partial charge < -0.3 is 5.73 Å². The summed E-state index contributed by atoms with van der Waals surface area (Å²) in [5.41, 5.74) is 8.26. The fourth-order valence-electron chi connectivity index (χ4n) is 1.10. The van der Waals surface area contributed by atoms with Crippen molar-refractivity contribution in [1.82, 2.24) is 9.59 Å². The molecule has 0 unspecified atom stereocenters. The standard InChI is InChI=1S/C9H7N3S2/c10-9(13)7-3-1-6(2-4-7)8-5-14-12-11-8/h1-5H,(H2,10,13). The molecule has 0 radical (unpaired) electrons. The summed E-state index contributed by atoms with van der Waals surface area (Å²) in [4.78, 5) is 0.410. The zero-order valence-corrected chi connectivity index (χ0v) is 8.81. The van der Waals surface area contributed by atoms with E-state index in [1.165, 1.54) is 11.5 Å². The molecule has 2 N–H and O–H groups in total. The summed E-state index contributed by atoms with van der Waals surface area (Å²) >= 11 is 6.19. The normalized spacial score (nSPS) is 10.0. The van der Waals surface area contributed by atoms with Crippen LogP contribution in [0.25, 0.3) is 11.3 Å². The first-order valence-corrected chi connectivity index (χ1v) is 5.19. The Balaban J connectivity index is 2.36. The van der Waals surface area contributed by atoms with Gasteiger partial charge in [-0.1, -0.05) is 41.0 Å². The van der Waals surface area contributed by atoms with Crippen molar-refractivity contribution in [2.75, 3.05) is 0 Å². The van der Waals surface area contributed by atoms with Gasteiger partial charge in [0.2, 0.25) is 0 Å². The molecular weight excluding hydrogens is 214 g/mol. The summed E-state index contributed by atoms with van der Waals surface area (Å²) in [5.74, 6) is 0. The van der Waals surface area contributed by atoms with Gasteiger partial charge in [-0.05, 0) is 11.5 Å². The minimum Gasteiger partial charge on any atom is -0.389 e. The van der Waals surface area contributed by atoms with Crippen molar-refractivity contribution in [3.63, 3.8) is 0 Å². The van der Waals surface area contributed by atoms with E-state index in [-0.39, 0.29) is 0 Å². The lowest BCUT2D eigenvalue weighted by Crippen LogP contribution is -2.08. The number of nitrogens with zero attached hydrogens (tertiary/aromatic N) is 2. The molecule has 0 saturated carbocycles. The summed E-state index contributed by atoms with van der Waals surface area (Å²) < 4.78 is 3.80. The number of thiocarbonyl (C=S) groups is 1. The number of nitrogens with two attached hydrogens (primary N) is 1. The molecule has 3 nitrogen and oxygen atoms in total. The van der Waals surface area contributed by atoms with Crippen molar-refractivity contribution in [3.8, 4) is 11.3 Å². The second-order valence-corrected chi connectivity index (χ2v) is 3.78. The van der Waals surface area contributed by atoms with Crippen LogP contribution >= 0.6 is 23.8 Å². The summed E-state index contributed by atoms with van der Waals surface area (Å²) in [7, 11) is 0. The molecule has 1 aromatic carbocycles. The van der Waals surface area contributed by atoms with Crippen LogP contribution in [-0.4, -0.2) is 14.6 Å². The highest BCUT2D eigenvalue weighted by Gasteiger charge is 2.01. The summed E-state index contributed by atoms with van der Waals surface area (Å²) in [6, 6.07) is 7.64. The Kier molecular flexibility index (Phi) is 2.51. The quantitative estimate of drug-likeness (QED) is 0.786. The Morgan fingerprint density at radius 3 is 2.50 bits per heavy atom. The summed E-state index contributed by atoms with van der Waals surface area (Å²) in [6.07, 6.45) is 0. The number of aromatic nitrogens is 2. The van der Waals surface area contributed by atoms with Gasteiger partial charge in [0.1, 0.15) is 10.7 Å². The molecular formula is C9H7N3S2. The Morgan fingerprint density at radius 1 is 1.29 bits per heavy atom. The molecule has 0 aliphatic heterocycles. The molecule has 0 aliphatic rings. The van der Waals surface area contributed by atoms with Crippen LogP contribution in [-0.2, 0) is 0 Å². The molecule has 2 aromatic rings. The Morgan fingerprint density at radius 2 is 2.00 bits per heavy atom. The van der Waals surface area contributed by atoms with E-state index in [9.17, 15) is 0 Å². The highest BCUT2D eigenvalue weighted by Crippen LogP contribution is 2.17. The molecule has 0 aliphatic carbocycles. The zero-order valence-electron chi connectivity index (χ0n) is 7.18. The van der Waals surface area contributed by atoms with Gasteiger partial charge in [-0.25, -0.2) is 0 Å². The SMILES string of the molecule is NC(=S)c1ccc(-c2csnn2)cc1. The van der Waals surface area contributed by atoms with Crippen molar-refractivity contribution < 1.29 is 0 Å². The molecule has 0 fully saturated rings. The van der Waals surface area contributed by atoms with Crippen LogP contribution in [0.4, 0.5) is 0 Å². The van der Waals surface area contributed by atoms with Crippen molar-refractivity contribution in [2.45, 2.75) is 0 Å². The second-order valence-electron chi connectivity index (χ2n) is 2.73. The van der Waals surface area contributed by atoms with Crippen molar-refractivity contribution in [2.24, 2.45) is 5.73 Å². The van der Waals surface area contributed by atoms with Gasteiger partial charge in [-0.15, -0.1) is 5.10 Å². The van der Waals surface area contributed by atoms with E-state index in [1.807, 2.05) is 29.6 Å². The smallest absolute Gasteiger partial charge is 0.105 e. The minimum absolute atomic E-state index is 0.410. The van der Waals surface area contributed by atoms with Crippen LogP contribution in [0.2, 0.25) is 0 Å². The first kappa shape index (κ1) is 9.23. The van der Waals surface area contributed by atoms with Crippen LogP contribution < -0.4 is 5.73 Å². The molecule has 0 atom stereocenters. The van der Waals surface area contributed by atoms with Gasteiger partial charge in [-0.3, -0.25) is 0 Å². The fraction of sp³-hybridized carbons (Fsp3) is 0. The van der Waals surface area contributed by atoms with Crippen molar-refractivity contribution in [1.29, 1.82) is 0 Å². The predicted octanol–water partition coefficient (Wildman–Crippen LogP) is 1.84. The molecule has 2 rings (SSSR count). The maximum absolute atomic E-state index is 5.49. The molecule has 1 aromatic heterocycles. The molecule has 5 heteroatoms. The van der Waals surface area contributed by atoms with E-state index in [1.54, 1.807) is 0 Å². The first-order valence-electron chi connectivity index (χ1n) is 3.94. The largest absolute Gasteiger partial charge is 0.389 e. The minimum atomic E-state index is 0.410. The third-order valence-corrected chi connectivity index (χ3v) is 2.57. The third kappa shape index (κ3) is 1.78. The molecule has 0 bridgehead atoms. The monoisotopic (exact) mass is 221 g/mol. The van der Waals surface area contributed by atoms with Gasteiger partial charge >= 0.3 is 0 Å². The average Bonchev–Trinajstić information content (AvgIpc) is 2.71. The van der Waals surface area contributed by atoms with E-state index >= 15 is 0 Å². The molecule has 1 heterocycles. The van der Waals surface area contributed by atoms with E-state index in [0.29, 0.717) is 4.99 Å². The van der Waals surface area contributed by atoms with Crippen LogP contribution in [0.5, 0.6) is 0 Å². The maximum atomic E-state index is 5.49. The summed E-state index contributed by atoms with van der Waals surface area (Å²) in [5, 5.41) is 5.86. The van der Waals surface area contributed by atoms with E-state index in [2.05, 4.69) is 9.59 Å². The number of rotatable bonds is 2. The van der Waals surface area contributed by atoms with E-state index in [0.717, 1.165) is 16.8 Å². The summed E-state index contributed by atoms with van der Waals surface area (Å²) in [6.45, 7) is 0. The van der Waals surface area contributed by atoms with Gasteiger partial charge in [0.15, 0.2) is 0 Å². The van der Waals surface area contributed by atoms with Crippen molar-refractivity contribution in [3.05, 3.63) is 35.2 Å². The highest BCUT2D eigenvalue weighted by molar-refractivity contribution is 7.80. The lowest BCUT2D eigenvalue weighted by atomic mass is 10.1. The number of hydrogen-bond donors (Lipinski definition) is 1. The Bertz CT molecular complexity index is 434. The molecule has 0 amide bonds. The lowest BCUT2D eigenvalue weighted by Gasteiger charge is -1.99. The van der Waals surface area contributed by atoms with Crippen LogP contribution in [0.3, 0.4) is 0 Å². The second kappa shape index (κ2) is 3.81. The topological polar surface area (TPSA) is 51.8 Å². The zero-order chi connectivity index (χ0) is 9.97. The van der Waals surface area contributed by atoms with Crippen molar-refractivity contribution >= 4 is 28.7 Å². The van der Waals surface area contributed by atoms with Gasteiger partial charge in [0.25, 0.3) is 0 Å². The van der Waals surface area contributed by atoms with Gasteiger partial charge in [0.05, 0.1) is 0 Å². The Hall–Kier alpha value is -1.33. The number of hydrogen-bond acceptors (Lipinski definition) is 4. The lowest BCUT2D eigenvalue weighted by molar-refractivity contribution is 1.16. The fourth-order valence-corrected chi connectivity index (χ4v) is 1.70. The predicted molar refractivity (Wildman–Crippen MR) is 61.2 cm³/mol. The number of benzene rings is 1. The van der Waals surface area contributed by atoms with Crippen LogP contribution in [0.1, 0.15) is 5.56 Å². The maximum Gasteiger partial charge on any atom is 0.105 e. The van der Waals surface area contributed by atoms with E-state index in [4.69, 9.17) is 18.0 Å². The van der Waals surface area contributed by atoms with Gasteiger partial charge in [0, 0.05) is 16.5 Å². The van der Waals surface area contributed by atoms with Gasteiger partial charge in [-0.2, -0.15) is 0 Å². The Labute approximate surface area is 90.7 Å². The van der Waals surface area contributed by atoms with Crippen LogP contribution in [0.15, 0.2) is 29.6 Å². The first-order chi connectivity index (χ1) is 6.77. The van der Waals surface area contributed by atoms with E-state index < -0.39 is 0 Å². The highest BCUT2D eigenvalue weighted by atomic mass is 32.1. The molecule has 0 spiro atoms. The third-order valence-electron chi connectivity index (χ3n) is 1.83. The molecule has 70 valence electrons. The molecule has 0 saturated heterocycles. The van der Waals surface area contributed by atoms with Crippen LogP contribution in [0, 0.1) is 0 Å². The molecule has 14 heavy (non-hydrogen) atoms. The average molecular weight is 221 g/mol.